The lowest BCUT2D eigenvalue weighted by Crippen LogP contribution is -2.27. The third kappa shape index (κ3) is 4.29. The van der Waals surface area contributed by atoms with Crippen LogP contribution in [0.5, 0.6) is 0 Å². The quantitative estimate of drug-likeness (QED) is 0.797. The molecular weight excluding hydrogens is 372 g/mol. The number of nitrogens with one attached hydrogen (secondary N) is 1. The standard InChI is InChI=1S/C14H15BrN2O2S2/c1-10(11-3-5-13(20-2)6-4-11)17-21(18,19)14-7-12(15)8-16-9-14/h3-10,17H,1-2H3. The van der Waals surface area contributed by atoms with E-state index in [0.29, 0.717) is 4.47 Å². The molecule has 112 valence electrons. The largest absolute Gasteiger partial charge is 0.262 e. The molecular formula is C14H15BrN2O2S2. The molecule has 0 bridgehead atoms. The molecule has 1 unspecified atom stereocenters. The van der Waals surface area contributed by atoms with Crippen molar-refractivity contribution in [2.45, 2.75) is 22.8 Å². The van der Waals surface area contributed by atoms with Gasteiger partial charge in [0, 0.05) is 27.8 Å². The van der Waals surface area contributed by atoms with E-state index >= 15 is 0 Å². The summed E-state index contributed by atoms with van der Waals surface area (Å²) in [7, 11) is -3.59. The fourth-order valence-electron chi connectivity index (χ4n) is 1.80. The van der Waals surface area contributed by atoms with Crippen LogP contribution < -0.4 is 4.72 Å². The summed E-state index contributed by atoms with van der Waals surface area (Å²) in [5.41, 5.74) is 0.916. The van der Waals surface area contributed by atoms with E-state index in [9.17, 15) is 8.42 Å². The van der Waals surface area contributed by atoms with Crippen LogP contribution in [0.3, 0.4) is 0 Å². The lowest BCUT2D eigenvalue weighted by Gasteiger charge is -2.15. The van der Waals surface area contributed by atoms with E-state index in [-0.39, 0.29) is 10.9 Å². The number of hydrogen-bond acceptors (Lipinski definition) is 4. The minimum Gasteiger partial charge on any atom is -0.262 e. The molecule has 0 saturated heterocycles. The van der Waals surface area contributed by atoms with Crippen molar-refractivity contribution in [2.75, 3.05) is 6.26 Å². The zero-order chi connectivity index (χ0) is 15.5. The van der Waals surface area contributed by atoms with Crippen LogP contribution in [-0.4, -0.2) is 19.7 Å². The Balaban J connectivity index is 2.19. The molecule has 0 amide bonds. The summed E-state index contributed by atoms with van der Waals surface area (Å²) in [5.74, 6) is 0. The van der Waals surface area contributed by atoms with Gasteiger partial charge in [-0.05, 0) is 52.9 Å². The molecule has 0 spiro atoms. The van der Waals surface area contributed by atoms with E-state index in [0.717, 1.165) is 10.5 Å². The van der Waals surface area contributed by atoms with Crippen molar-refractivity contribution in [1.29, 1.82) is 0 Å². The topological polar surface area (TPSA) is 59.1 Å². The predicted octanol–water partition coefficient (Wildman–Crippen LogP) is 3.61. The van der Waals surface area contributed by atoms with Crippen LogP contribution in [-0.2, 0) is 10.0 Å². The van der Waals surface area contributed by atoms with Crippen molar-refractivity contribution in [3.8, 4) is 0 Å². The van der Waals surface area contributed by atoms with Gasteiger partial charge in [0.15, 0.2) is 0 Å². The highest BCUT2D eigenvalue weighted by atomic mass is 79.9. The summed E-state index contributed by atoms with van der Waals surface area (Å²) in [4.78, 5) is 5.17. The van der Waals surface area contributed by atoms with E-state index < -0.39 is 10.0 Å². The Labute approximate surface area is 137 Å². The van der Waals surface area contributed by atoms with Crippen LogP contribution in [0.15, 0.2) is 57.0 Å². The van der Waals surface area contributed by atoms with Gasteiger partial charge in [-0.2, -0.15) is 0 Å². The van der Waals surface area contributed by atoms with Crippen LogP contribution in [0.4, 0.5) is 0 Å². The summed E-state index contributed by atoms with van der Waals surface area (Å²) in [5, 5.41) is 0. The second-order valence-corrected chi connectivity index (χ2v) is 7.96. The normalized spacial score (nSPS) is 13.1. The number of hydrogen-bond donors (Lipinski definition) is 1. The third-order valence-electron chi connectivity index (χ3n) is 2.94. The van der Waals surface area contributed by atoms with E-state index in [1.54, 1.807) is 18.0 Å². The van der Waals surface area contributed by atoms with Gasteiger partial charge in [0.25, 0.3) is 0 Å². The average molecular weight is 387 g/mol. The molecule has 1 N–H and O–H groups in total. The fraction of sp³-hybridized carbons (Fsp3) is 0.214. The third-order valence-corrected chi connectivity index (χ3v) is 5.62. The molecule has 0 aliphatic rings. The maximum Gasteiger partial charge on any atom is 0.242 e. The number of benzene rings is 1. The summed E-state index contributed by atoms with van der Waals surface area (Å²) >= 11 is 4.87. The van der Waals surface area contributed by atoms with Gasteiger partial charge >= 0.3 is 0 Å². The van der Waals surface area contributed by atoms with Gasteiger partial charge in [-0.25, -0.2) is 13.1 Å². The number of thioether (sulfide) groups is 1. The van der Waals surface area contributed by atoms with E-state index in [4.69, 9.17) is 0 Å². The summed E-state index contributed by atoms with van der Waals surface area (Å²) in [6.45, 7) is 1.82. The van der Waals surface area contributed by atoms with Gasteiger partial charge in [0.2, 0.25) is 10.0 Å². The molecule has 2 rings (SSSR count). The Kier molecular flexibility index (Phi) is 5.43. The van der Waals surface area contributed by atoms with Gasteiger partial charge in [-0.3, -0.25) is 4.98 Å². The first-order valence-electron chi connectivity index (χ1n) is 6.19. The van der Waals surface area contributed by atoms with Gasteiger partial charge in [-0.15, -0.1) is 11.8 Å². The molecule has 0 radical (unpaired) electrons. The molecule has 21 heavy (non-hydrogen) atoms. The van der Waals surface area contributed by atoms with E-state index in [1.165, 1.54) is 12.3 Å². The van der Waals surface area contributed by atoms with Crippen molar-refractivity contribution in [2.24, 2.45) is 0 Å². The lowest BCUT2D eigenvalue weighted by atomic mass is 10.1. The minimum atomic E-state index is -3.59. The number of rotatable bonds is 5. The Hall–Kier alpha value is -0.890. The zero-order valence-electron chi connectivity index (χ0n) is 11.6. The van der Waals surface area contributed by atoms with Gasteiger partial charge < -0.3 is 0 Å². The lowest BCUT2D eigenvalue weighted by molar-refractivity contribution is 0.566. The summed E-state index contributed by atoms with van der Waals surface area (Å²) in [6, 6.07) is 9.02. The summed E-state index contributed by atoms with van der Waals surface area (Å²) < 4.78 is 27.9. The number of aromatic nitrogens is 1. The molecule has 7 heteroatoms. The monoisotopic (exact) mass is 386 g/mol. The van der Waals surface area contributed by atoms with Crippen LogP contribution in [0, 0.1) is 0 Å². The maximum atomic E-state index is 12.3. The SMILES string of the molecule is CSc1ccc(C(C)NS(=O)(=O)c2cncc(Br)c2)cc1. The highest BCUT2D eigenvalue weighted by Gasteiger charge is 2.19. The van der Waals surface area contributed by atoms with Gasteiger partial charge in [0.05, 0.1) is 0 Å². The molecule has 4 nitrogen and oxygen atoms in total. The molecule has 1 heterocycles. The van der Waals surface area contributed by atoms with Crippen molar-refractivity contribution in [3.05, 3.63) is 52.8 Å². The zero-order valence-corrected chi connectivity index (χ0v) is 14.8. The van der Waals surface area contributed by atoms with Crippen molar-refractivity contribution >= 4 is 37.7 Å². The number of nitrogens with zero attached hydrogens (tertiary/aromatic N) is 1. The Bertz CT molecular complexity index is 718. The Morgan fingerprint density at radius 3 is 2.48 bits per heavy atom. The number of sulfonamides is 1. The first-order chi connectivity index (χ1) is 9.92. The molecule has 1 aromatic carbocycles. The van der Waals surface area contributed by atoms with E-state index in [2.05, 4.69) is 25.6 Å². The molecule has 0 fully saturated rings. The minimum absolute atomic E-state index is 0.143. The predicted molar refractivity (Wildman–Crippen MR) is 88.9 cm³/mol. The molecule has 1 aromatic heterocycles. The highest BCUT2D eigenvalue weighted by molar-refractivity contribution is 9.10. The number of pyridine rings is 1. The smallest absolute Gasteiger partial charge is 0.242 e. The van der Waals surface area contributed by atoms with E-state index in [1.807, 2.05) is 37.4 Å². The second-order valence-electron chi connectivity index (χ2n) is 4.45. The maximum absolute atomic E-state index is 12.3. The average Bonchev–Trinajstić information content (AvgIpc) is 2.47. The number of halogens is 1. The van der Waals surface area contributed by atoms with Crippen LogP contribution in [0.1, 0.15) is 18.5 Å². The fourth-order valence-corrected chi connectivity index (χ4v) is 3.94. The van der Waals surface area contributed by atoms with Crippen LogP contribution in [0.25, 0.3) is 0 Å². The van der Waals surface area contributed by atoms with Crippen molar-refractivity contribution in [3.63, 3.8) is 0 Å². The first kappa shape index (κ1) is 16.5. The van der Waals surface area contributed by atoms with Crippen molar-refractivity contribution < 1.29 is 8.42 Å². The summed E-state index contributed by atoms with van der Waals surface area (Å²) in [6.07, 6.45) is 4.88. The molecule has 2 aromatic rings. The molecule has 1 atom stereocenters. The van der Waals surface area contributed by atoms with Crippen LogP contribution >= 0.6 is 27.7 Å². The first-order valence-corrected chi connectivity index (χ1v) is 9.69. The Morgan fingerprint density at radius 1 is 1.24 bits per heavy atom. The van der Waals surface area contributed by atoms with Gasteiger partial charge in [0.1, 0.15) is 4.90 Å². The van der Waals surface area contributed by atoms with Crippen molar-refractivity contribution in [1.82, 2.24) is 9.71 Å². The van der Waals surface area contributed by atoms with Gasteiger partial charge in [-0.1, -0.05) is 12.1 Å². The Morgan fingerprint density at radius 2 is 1.90 bits per heavy atom. The molecule has 0 aliphatic heterocycles. The molecule has 0 aliphatic carbocycles. The highest BCUT2D eigenvalue weighted by Crippen LogP contribution is 2.21. The molecule has 0 saturated carbocycles. The van der Waals surface area contributed by atoms with Crippen LogP contribution in [0.2, 0.25) is 0 Å². The second kappa shape index (κ2) is 6.91.